The van der Waals surface area contributed by atoms with Crippen LogP contribution in [-0.2, 0) is 0 Å². The van der Waals surface area contributed by atoms with Crippen LogP contribution in [0, 0.1) is 0 Å². The van der Waals surface area contributed by atoms with E-state index in [-0.39, 0.29) is 0 Å². The third-order valence-corrected chi connectivity index (χ3v) is 2.04. The average molecular weight is 202 g/mol. The minimum atomic E-state index is 0.708. The average Bonchev–Trinajstić information content (AvgIpc) is 2.29. The van der Waals surface area contributed by atoms with Crippen LogP contribution in [-0.4, -0.2) is 12.3 Å². The van der Waals surface area contributed by atoms with Gasteiger partial charge in [0.25, 0.3) is 0 Å². The number of hydrazone groups is 1. The smallest absolute Gasteiger partial charge is 0.0675 e. The first-order valence-electron chi connectivity index (χ1n) is 5.34. The Hall–Kier alpha value is -1.57. The lowest BCUT2D eigenvalue weighted by Gasteiger charge is -2.05. The quantitative estimate of drug-likeness (QED) is 0.326. The first kappa shape index (κ1) is 11.5. The lowest BCUT2D eigenvalue weighted by atomic mass is 10.1. The van der Waals surface area contributed by atoms with Crippen molar-refractivity contribution in [1.82, 2.24) is 5.43 Å². The summed E-state index contributed by atoms with van der Waals surface area (Å²) in [6.07, 6.45) is 3.90. The van der Waals surface area contributed by atoms with E-state index in [0.717, 1.165) is 18.6 Å². The monoisotopic (exact) mass is 202 g/mol. The Kier molecular flexibility index (Phi) is 5.23. The number of nitrogens with zero attached hydrogens (tertiary/aromatic N) is 1. The third kappa shape index (κ3) is 3.98. The van der Waals surface area contributed by atoms with Crippen molar-refractivity contribution in [2.75, 3.05) is 6.54 Å². The fourth-order valence-corrected chi connectivity index (χ4v) is 1.34. The fourth-order valence-electron chi connectivity index (χ4n) is 1.34. The van der Waals surface area contributed by atoms with E-state index in [9.17, 15) is 0 Å². The molecular weight excluding hydrogens is 184 g/mol. The summed E-state index contributed by atoms with van der Waals surface area (Å²) in [5.74, 6) is 0. The van der Waals surface area contributed by atoms with Crippen LogP contribution in [0.2, 0.25) is 0 Å². The van der Waals surface area contributed by atoms with Gasteiger partial charge in [0, 0.05) is 0 Å². The number of hydrogen-bond acceptors (Lipinski definition) is 2. The minimum absolute atomic E-state index is 0.708. The molecule has 0 aromatic heterocycles. The highest BCUT2D eigenvalue weighted by Gasteiger charge is 2.00. The second-order valence-electron chi connectivity index (χ2n) is 3.33. The summed E-state index contributed by atoms with van der Waals surface area (Å²) in [6.45, 7) is 6.51. The number of nitrogens with one attached hydrogen (secondary N) is 1. The summed E-state index contributed by atoms with van der Waals surface area (Å²) in [5, 5.41) is 4.37. The van der Waals surface area contributed by atoms with Crippen molar-refractivity contribution in [3.8, 4) is 0 Å². The van der Waals surface area contributed by atoms with Crippen LogP contribution in [0.5, 0.6) is 0 Å². The molecule has 0 saturated heterocycles. The maximum Gasteiger partial charge on any atom is 0.0675 e. The zero-order valence-corrected chi connectivity index (χ0v) is 9.24. The first-order chi connectivity index (χ1) is 7.38. The SMILES string of the molecule is C=CCN/N=C(\CCC)c1ccccc1. The highest BCUT2D eigenvalue weighted by atomic mass is 15.3. The van der Waals surface area contributed by atoms with E-state index in [1.165, 1.54) is 5.56 Å². The Morgan fingerprint density at radius 2 is 2.13 bits per heavy atom. The van der Waals surface area contributed by atoms with Crippen LogP contribution in [0.1, 0.15) is 25.3 Å². The van der Waals surface area contributed by atoms with Gasteiger partial charge in [-0.3, -0.25) is 0 Å². The van der Waals surface area contributed by atoms with Crippen molar-refractivity contribution in [3.63, 3.8) is 0 Å². The predicted molar refractivity (Wildman–Crippen MR) is 66.1 cm³/mol. The molecule has 0 aliphatic carbocycles. The van der Waals surface area contributed by atoms with E-state index in [0.29, 0.717) is 6.54 Å². The fraction of sp³-hybridized carbons (Fsp3) is 0.308. The molecule has 0 fully saturated rings. The molecule has 2 heteroatoms. The second kappa shape index (κ2) is 6.82. The Bertz CT molecular complexity index is 315. The maximum absolute atomic E-state index is 4.37. The largest absolute Gasteiger partial charge is 0.306 e. The molecule has 80 valence electrons. The highest BCUT2D eigenvalue weighted by Crippen LogP contribution is 2.05. The maximum atomic E-state index is 4.37. The molecule has 1 rings (SSSR count). The lowest BCUT2D eigenvalue weighted by Crippen LogP contribution is -2.11. The Balaban J connectivity index is 2.73. The van der Waals surface area contributed by atoms with E-state index in [2.05, 4.69) is 36.2 Å². The van der Waals surface area contributed by atoms with Gasteiger partial charge in [-0.2, -0.15) is 5.10 Å². The van der Waals surface area contributed by atoms with Gasteiger partial charge in [-0.05, 0) is 12.0 Å². The Morgan fingerprint density at radius 3 is 2.73 bits per heavy atom. The third-order valence-electron chi connectivity index (χ3n) is 2.04. The summed E-state index contributed by atoms with van der Waals surface area (Å²) >= 11 is 0. The molecule has 2 nitrogen and oxygen atoms in total. The standard InChI is InChI=1S/C13H18N2/c1-3-8-13(15-14-11-4-2)12-9-6-5-7-10-12/h4-7,9-10,14H,2-3,8,11H2,1H3/b15-13+. The van der Waals surface area contributed by atoms with E-state index in [4.69, 9.17) is 0 Å². The minimum Gasteiger partial charge on any atom is -0.306 e. The molecule has 0 spiro atoms. The van der Waals surface area contributed by atoms with Crippen LogP contribution < -0.4 is 5.43 Å². The molecule has 0 atom stereocenters. The molecule has 0 unspecified atom stereocenters. The first-order valence-corrected chi connectivity index (χ1v) is 5.34. The summed E-state index contributed by atoms with van der Waals surface area (Å²) < 4.78 is 0. The summed E-state index contributed by atoms with van der Waals surface area (Å²) in [5.41, 5.74) is 5.29. The van der Waals surface area contributed by atoms with Crippen molar-refractivity contribution >= 4 is 5.71 Å². The number of rotatable bonds is 6. The van der Waals surface area contributed by atoms with Gasteiger partial charge in [0.05, 0.1) is 12.3 Å². The van der Waals surface area contributed by atoms with Gasteiger partial charge in [-0.25, -0.2) is 0 Å². The zero-order valence-electron chi connectivity index (χ0n) is 9.24. The summed E-state index contributed by atoms with van der Waals surface area (Å²) in [6, 6.07) is 10.3. The van der Waals surface area contributed by atoms with Crippen molar-refractivity contribution < 1.29 is 0 Å². The van der Waals surface area contributed by atoms with Crippen LogP contribution in [0.3, 0.4) is 0 Å². The Labute approximate surface area is 91.7 Å². The summed E-state index contributed by atoms with van der Waals surface area (Å²) in [7, 11) is 0. The summed E-state index contributed by atoms with van der Waals surface area (Å²) in [4.78, 5) is 0. The molecule has 1 aromatic rings. The lowest BCUT2D eigenvalue weighted by molar-refractivity contribution is 0.815. The molecule has 15 heavy (non-hydrogen) atoms. The predicted octanol–water partition coefficient (Wildman–Crippen LogP) is 2.97. The van der Waals surface area contributed by atoms with Crippen molar-refractivity contribution in [1.29, 1.82) is 0 Å². The molecule has 0 radical (unpaired) electrons. The molecule has 0 bridgehead atoms. The van der Waals surface area contributed by atoms with Gasteiger partial charge in [-0.1, -0.05) is 49.8 Å². The molecule has 0 saturated carbocycles. The zero-order chi connectivity index (χ0) is 10.9. The molecule has 1 N–H and O–H groups in total. The second-order valence-corrected chi connectivity index (χ2v) is 3.33. The van der Waals surface area contributed by atoms with E-state index in [1.807, 2.05) is 18.2 Å². The van der Waals surface area contributed by atoms with E-state index >= 15 is 0 Å². The van der Waals surface area contributed by atoms with Crippen molar-refractivity contribution in [3.05, 3.63) is 48.6 Å². The van der Waals surface area contributed by atoms with Gasteiger partial charge in [-0.15, -0.1) is 6.58 Å². The van der Waals surface area contributed by atoms with Gasteiger partial charge < -0.3 is 5.43 Å². The number of hydrogen-bond donors (Lipinski definition) is 1. The molecule has 0 aliphatic rings. The van der Waals surface area contributed by atoms with Crippen molar-refractivity contribution in [2.45, 2.75) is 19.8 Å². The topological polar surface area (TPSA) is 24.4 Å². The van der Waals surface area contributed by atoms with Crippen LogP contribution >= 0.6 is 0 Å². The molecule has 1 aromatic carbocycles. The molecule has 0 heterocycles. The Morgan fingerprint density at radius 1 is 1.40 bits per heavy atom. The molecule has 0 amide bonds. The van der Waals surface area contributed by atoms with E-state index < -0.39 is 0 Å². The normalized spacial score (nSPS) is 11.1. The van der Waals surface area contributed by atoms with Gasteiger partial charge in [0.2, 0.25) is 0 Å². The van der Waals surface area contributed by atoms with Gasteiger partial charge in [0.15, 0.2) is 0 Å². The van der Waals surface area contributed by atoms with E-state index in [1.54, 1.807) is 6.08 Å². The van der Waals surface area contributed by atoms with Crippen LogP contribution in [0.25, 0.3) is 0 Å². The number of benzene rings is 1. The van der Waals surface area contributed by atoms with Gasteiger partial charge >= 0.3 is 0 Å². The van der Waals surface area contributed by atoms with Crippen molar-refractivity contribution in [2.24, 2.45) is 5.10 Å². The molecular formula is C13H18N2. The van der Waals surface area contributed by atoms with Crippen LogP contribution in [0.4, 0.5) is 0 Å². The van der Waals surface area contributed by atoms with Gasteiger partial charge in [0.1, 0.15) is 0 Å². The van der Waals surface area contributed by atoms with Crippen LogP contribution in [0.15, 0.2) is 48.1 Å². The highest BCUT2D eigenvalue weighted by molar-refractivity contribution is 6.00. The molecule has 0 aliphatic heterocycles.